The third-order valence-corrected chi connectivity index (χ3v) is 3.61. The van der Waals surface area contributed by atoms with E-state index >= 15 is 0 Å². The third-order valence-electron chi connectivity index (χ3n) is 2.58. The van der Waals surface area contributed by atoms with E-state index in [1.165, 1.54) is 10.4 Å². The summed E-state index contributed by atoms with van der Waals surface area (Å²) in [4.78, 5) is 12.8. The van der Waals surface area contributed by atoms with Crippen LogP contribution in [0.3, 0.4) is 0 Å². The lowest BCUT2D eigenvalue weighted by molar-refractivity contribution is -0.120. The first-order valence-electron chi connectivity index (χ1n) is 6.10. The van der Waals surface area contributed by atoms with Crippen molar-refractivity contribution in [2.24, 2.45) is 5.92 Å². The molecule has 1 rings (SSSR count). The Morgan fingerprint density at radius 2 is 2.24 bits per heavy atom. The largest absolute Gasteiger partial charge is 0.355 e. The van der Waals surface area contributed by atoms with E-state index in [9.17, 15) is 4.79 Å². The molecule has 1 amide bonds. The van der Waals surface area contributed by atoms with Crippen molar-refractivity contribution in [3.05, 3.63) is 21.9 Å². The lowest BCUT2D eigenvalue weighted by Crippen LogP contribution is -2.34. The number of amides is 1. The Morgan fingerprint density at radius 3 is 2.82 bits per heavy atom. The lowest BCUT2D eigenvalue weighted by atomic mass is 10.1. The average Bonchev–Trinajstić information content (AvgIpc) is 2.64. The van der Waals surface area contributed by atoms with Crippen LogP contribution in [0.25, 0.3) is 0 Å². The molecule has 3 nitrogen and oxygen atoms in total. The van der Waals surface area contributed by atoms with Gasteiger partial charge in [-0.2, -0.15) is 0 Å². The number of hydrogen-bond donors (Lipinski definition) is 2. The molecule has 0 bridgehead atoms. The Hall–Kier alpha value is -0.870. The molecule has 0 aliphatic rings. The second-order valence-electron chi connectivity index (χ2n) is 4.66. The second-order valence-corrected chi connectivity index (χ2v) is 5.66. The molecular weight excluding hydrogens is 232 g/mol. The van der Waals surface area contributed by atoms with Gasteiger partial charge < -0.3 is 10.6 Å². The molecule has 2 N–H and O–H groups in total. The molecule has 0 aliphatic heterocycles. The van der Waals surface area contributed by atoms with Gasteiger partial charge in [0.25, 0.3) is 0 Å². The van der Waals surface area contributed by atoms with Gasteiger partial charge in [0.05, 0.1) is 6.54 Å². The number of carbonyl (C=O) groups is 1. The number of nitrogens with one attached hydrogen (secondary N) is 2. The molecular formula is C13H22N2OS. The first-order chi connectivity index (χ1) is 8.09. The van der Waals surface area contributed by atoms with Gasteiger partial charge in [-0.15, -0.1) is 11.3 Å². The predicted octanol–water partition coefficient (Wildman–Crippen LogP) is 2.31. The van der Waals surface area contributed by atoms with Crippen molar-refractivity contribution in [2.75, 3.05) is 13.1 Å². The number of aryl methyl sites for hydroxylation is 1. The zero-order valence-corrected chi connectivity index (χ0v) is 11.7. The van der Waals surface area contributed by atoms with Gasteiger partial charge in [0.1, 0.15) is 0 Å². The van der Waals surface area contributed by atoms with E-state index in [1.54, 1.807) is 11.3 Å². The highest BCUT2D eigenvalue weighted by atomic mass is 32.1. The Kier molecular flexibility index (Phi) is 6.22. The predicted molar refractivity (Wildman–Crippen MR) is 73.2 cm³/mol. The van der Waals surface area contributed by atoms with Gasteiger partial charge in [0, 0.05) is 18.0 Å². The van der Waals surface area contributed by atoms with E-state index in [0.29, 0.717) is 12.5 Å². The van der Waals surface area contributed by atoms with E-state index in [0.717, 1.165) is 19.5 Å². The highest BCUT2D eigenvalue weighted by Gasteiger charge is 2.03. The van der Waals surface area contributed by atoms with Crippen molar-refractivity contribution in [3.63, 3.8) is 0 Å². The van der Waals surface area contributed by atoms with Gasteiger partial charge >= 0.3 is 0 Å². The topological polar surface area (TPSA) is 41.1 Å². The standard InChI is InChI=1S/C13H22N2OS/c1-10(2)4-6-15-13(16)9-14-8-12-11(3)5-7-17-12/h5,7,10,14H,4,6,8-9H2,1-3H3,(H,15,16). The van der Waals surface area contributed by atoms with Crippen LogP contribution in [0.15, 0.2) is 11.4 Å². The minimum absolute atomic E-state index is 0.0832. The molecule has 0 aromatic carbocycles. The molecule has 0 radical (unpaired) electrons. The lowest BCUT2D eigenvalue weighted by Gasteiger charge is -2.08. The Bertz CT molecular complexity index is 347. The van der Waals surface area contributed by atoms with Crippen LogP contribution in [0, 0.1) is 12.8 Å². The van der Waals surface area contributed by atoms with Gasteiger partial charge in [-0.3, -0.25) is 4.79 Å². The summed E-state index contributed by atoms with van der Waals surface area (Å²) in [7, 11) is 0. The monoisotopic (exact) mass is 254 g/mol. The minimum atomic E-state index is 0.0832. The Balaban J connectivity index is 2.10. The molecule has 4 heteroatoms. The maximum Gasteiger partial charge on any atom is 0.233 e. The molecule has 0 saturated heterocycles. The van der Waals surface area contributed by atoms with Gasteiger partial charge in [0.2, 0.25) is 5.91 Å². The van der Waals surface area contributed by atoms with Crippen molar-refractivity contribution in [3.8, 4) is 0 Å². The summed E-state index contributed by atoms with van der Waals surface area (Å²) >= 11 is 1.73. The average molecular weight is 254 g/mol. The maximum absolute atomic E-state index is 11.5. The fourth-order valence-electron chi connectivity index (χ4n) is 1.44. The molecule has 96 valence electrons. The molecule has 1 heterocycles. The van der Waals surface area contributed by atoms with Crippen molar-refractivity contribution in [2.45, 2.75) is 33.7 Å². The molecule has 1 aromatic rings. The second kappa shape index (κ2) is 7.45. The van der Waals surface area contributed by atoms with Crippen LogP contribution in [-0.2, 0) is 11.3 Å². The SMILES string of the molecule is Cc1ccsc1CNCC(=O)NCCC(C)C. The molecule has 0 atom stereocenters. The number of carbonyl (C=O) groups excluding carboxylic acids is 1. The molecule has 0 saturated carbocycles. The maximum atomic E-state index is 11.5. The van der Waals surface area contributed by atoms with Crippen LogP contribution >= 0.6 is 11.3 Å². The number of rotatable bonds is 7. The zero-order chi connectivity index (χ0) is 12.7. The number of hydrogen-bond acceptors (Lipinski definition) is 3. The van der Waals surface area contributed by atoms with Gasteiger partial charge in [0.15, 0.2) is 0 Å². The van der Waals surface area contributed by atoms with E-state index in [-0.39, 0.29) is 5.91 Å². The smallest absolute Gasteiger partial charge is 0.233 e. The van der Waals surface area contributed by atoms with E-state index in [2.05, 4.69) is 42.9 Å². The van der Waals surface area contributed by atoms with Crippen LogP contribution in [0.5, 0.6) is 0 Å². The molecule has 1 aromatic heterocycles. The summed E-state index contributed by atoms with van der Waals surface area (Å²) in [5.41, 5.74) is 1.29. The Morgan fingerprint density at radius 1 is 1.47 bits per heavy atom. The van der Waals surface area contributed by atoms with Crippen molar-refractivity contribution < 1.29 is 4.79 Å². The summed E-state index contributed by atoms with van der Waals surface area (Å²) in [6, 6.07) is 2.10. The molecule has 0 fully saturated rings. The van der Waals surface area contributed by atoms with Crippen LogP contribution in [0.1, 0.15) is 30.7 Å². The van der Waals surface area contributed by atoms with Crippen molar-refractivity contribution >= 4 is 17.2 Å². The van der Waals surface area contributed by atoms with Gasteiger partial charge in [-0.1, -0.05) is 13.8 Å². The number of thiophene rings is 1. The first kappa shape index (κ1) is 14.2. The summed E-state index contributed by atoms with van der Waals surface area (Å²) in [5, 5.41) is 8.15. The normalized spacial score (nSPS) is 10.8. The zero-order valence-electron chi connectivity index (χ0n) is 10.9. The van der Waals surface area contributed by atoms with E-state index in [4.69, 9.17) is 0 Å². The molecule has 0 spiro atoms. The summed E-state index contributed by atoms with van der Waals surface area (Å²) in [6.07, 6.45) is 1.04. The van der Waals surface area contributed by atoms with Crippen LogP contribution in [-0.4, -0.2) is 19.0 Å². The first-order valence-corrected chi connectivity index (χ1v) is 6.98. The van der Waals surface area contributed by atoms with Crippen LogP contribution in [0.4, 0.5) is 0 Å². The molecule has 0 aliphatic carbocycles. The quantitative estimate of drug-likeness (QED) is 0.784. The summed E-state index contributed by atoms with van der Waals surface area (Å²) in [6.45, 7) is 8.36. The van der Waals surface area contributed by atoms with Crippen molar-refractivity contribution in [1.29, 1.82) is 0 Å². The van der Waals surface area contributed by atoms with E-state index in [1.807, 2.05) is 0 Å². The summed E-state index contributed by atoms with van der Waals surface area (Å²) in [5.74, 6) is 0.719. The minimum Gasteiger partial charge on any atom is -0.355 e. The van der Waals surface area contributed by atoms with Gasteiger partial charge in [-0.05, 0) is 36.3 Å². The third kappa shape index (κ3) is 5.84. The van der Waals surface area contributed by atoms with Crippen LogP contribution < -0.4 is 10.6 Å². The van der Waals surface area contributed by atoms with Crippen molar-refractivity contribution in [1.82, 2.24) is 10.6 Å². The highest BCUT2D eigenvalue weighted by molar-refractivity contribution is 7.10. The van der Waals surface area contributed by atoms with Crippen LogP contribution in [0.2, 0.25) is 0 Å². The fourth-order valence-corrected chi connectivity index (χ4v) is 2.31. The summed E-state index contributed by atoms with van der Waals surface area (Å²) < 4.78 is 0. The van der Waals surface area contributed by atoms with Gasteiger partial charge in [-0.25, -0.2) is 0 Å². The Labute approximate surface area is 108 Å². The fraction of sp³-hybridized carbons (Fsp3) is 0.615. The molecule has 0 unspecified atom stereocenters. The highest BCUT2D eigenvalue weighted by Crippen LogP contribution is 2.14. The van der Waals surface area contributed by atoms with E-state index < -0.39 is 0 Å². The molecule has 17 heavy (non-hydrogen) atoms.